The zero-order valence-electron chi connectivity index (χ0n) is 13.3. The molecule has 21 heavy (non-hydrogen) atoms. The van der Waals surface area contributed by atoms with Crippen LogP contribution in [0.2, 0.25) is 0 Å². The highest BCUT2D eigenvalue weighted by Crippen LogP contribution is 2.17. The van der Waals surface area contributed by atoms with Crippen LogP contribution < -0.4 is 10.0 Å². The maximum absolute atomic E-state index is 11.7. The van der Waals surface area contributed by atoms with Crippen molar-refractivity contribution >= 4 is 35.1 Å². The average Bonchev–Trinajstić information content (AvgIpc) is 2.44. The number of amides is 1. The number of nitrogens with one attached hydrogen (secondary N) is 2. The van der Waals surface area contributed by atoms with E-state index < -0.39 is 0 Å². The lowest BCUT2D eigenvalue weighted by atomic mass is 9.93. The molecule has 0 bridgehead atoms. The normalized spacial score (nSPS) is 14.5. The highest BCUT2D eigenvalue weighted by Gasteiger charge is 2.21. The molecule has 0 aromatic rings. The average molecular weight is 331 g/mol. The molecule has 0 unspecified atom stereocenters. The first kappa shape index (κ1) is 18.8. The summed E-state index contributed by atoms with van der Waals surface area (Å²) < 4.78 is 2.99. The molecule has 2 N–H and O–H groups in total. The predicted octanol–water partition coefficient (Wildman–Crippen LogP) is 4.36. The van der Waals surface area contributed by atoms with Gasteiger partial charge >= 0.3 is 0 Å². The zero-order valence-corrected chi connectivity index (χ0v) is 14.9. The third-order valence-electron chi connectivity index (χ3n) is 3.91. The minimum absolute atomic E-state index is 0.113. The van der Waals surface area contributed by atoms with Gasteiger partial charge in [-0.15, -0.1) is 0 Å². The molecule has 1 amide bonds. The molecule has 0 spiro atoms. The van der Waals surface area contributed by atoms with Crippen molar-refractivity contribution in [2.45, 2.75) is 83.6 Å². The molecule has 5 heteroatoms. The van der Waals surface area contributed by atoms with E-state index in [1.54, 1.807) is 11.9 Å². The first-order valence-electron chi connectivity index (χ1n) is 8.46. The van der Waals surface area contributed by atoms with Crippen LogP contribution >= 0.6 is 24.2 Å². The Morgan fingerprint density at radius 2 is 1.71 bits per heavy atom. The monoisotopic (exact) mass is 330 g/mol. The van der Waals surface area contributed by atoms with Crippen LogP contribution in [-0.4, -0.2) is 22.7 Å². The van der Waals surface area contributed by atoms with E-state index in [1.165, 1.54) is 57.8 Å². The summed E-state index contributed by atoms with van der Waals surface area (Å²) in [5.41, 5.74) is 0. The quantitative estimate of drug-likeness (QED) is 0.335. The Hall–Kier alpha value is -0.290. The minimum atomic E-state index is -0.113. The second kappa shape index (κ2) is 12.3. The summed E-state index contributed by atoms with van der Waals surface area (Å²) in [4.78, 5) is 12.0. The summed E-state index contributed by atoms with van der Waals surface area (Å²) in [5.74, 6) is 0.907. The van der Waals surface area contributed by atoms with Crippen molar-refractivity contribution in [3.8, 4) is 0 Å². The molecule has 0 aromatic heterocycles. The van der Waals surface area contributed by atoms with Crippen LogP contribution in [0.4, 0.5) is 0 Å². The van der Waals surface area contributed by atoms with E-state index in [0.717, 1.165) is 18.6 Å². The molecule has 0 saturated heterocycles. The maximum atomic E-state index is 11.7. The topological polar surface area (TPSA) is 41.1 Å². The third-order valence-corrected chi connectivity index (χ3v) is 5.17. The largest absolute Gasteiger partial charge is 0.347 e. The van der Waals surface area contributed by atoms with Crippen molar-refractivity contribution in [1.29, 1.82) is 0 Å². The lowest BCUT2D eigenvalue weighted by molar-refractivity contribution is -0.115. The van der Waals surface area contributed by atoms with Gasteiger partial charge in [0.2, 0.25) is 0 Å². The Balaban J connectivity index is 1.84. The van der Waals surface area contributed by atoms with Gasteiger partial charge < -0.3 is 10.0 Å². The van der Waals surface area contributed by atoms with Gasteiger partial charge in [0.1, 0.15) is 0 Å². The van der Waals surface area contributed by atoms with Gasteiger partial charge in [0.05, 0.1) is 0 Å². The van der Waals surface area contributed by atoms with E-state index in [4.69, 9.17) is 12.2 Å². The lowest BCUT2D eigenvalue weighted by Crippen LogP contribution is -2.45. The third kappa shape index (κ3) is 9.35. The number of unbranched alkanes of at least 4 members (excludes halogenated alkanes) is 7. The maximum Gasteiger partial charge on any atom is 0.279 e. The van der Waals surface area contributed by atoms with Crippen molar-refractivity contribution < 1.29 is 4.79 Å². The number of rotatable bonds is 11. The van der Waals surface area contributed by atoms with E-state index in [1.807, 2.05) is 0 Å². The number of hydrogen-bond donors (Lipinski definition) is 2. The van der Waals surface area contributed by atoms with Gasteiger partial charge in [-0.05, 0) is 25.7 Å². The zero-order chi connectivity index (χ0) is 15.3. The number of hydrogen-bond acceptors (Lipinski definition) is 3. The SMILES string of the molecule is CCCCCCCCCCSNC(=S)C(=O)NC1CCC1. The molecule has 0 aliphatic heterocycles. The van der Waals surface area contributed by atoms with Crippen LogP contribution in [0.25, 0.3) is 0 Å². The van der Waals surface area contributed by atoms with Crippen LogP contribution in [0.15, 0.2) is 0 Å². The van der Waals surface area contributed by atoms with Gasteiger partial charge in [-0.2, -0.15) is 0 Å². The molecular formula is C16H30N2OS2. The molecular weight excluding hydrogens is 300 g/mol. The molecule has 1 fully saturated rings. The second-order valence-electron chi connectivity index (χ2n) is 5.86. The van der Waals surface area contributed by atoms with Crippen LogP contribution in [0.3, 0.4) is 0 Å². The summed E-state index contributed by atoms with van der Waals surface area (Å²) in [6.07, 6.45) is 14.0. The summed E-state index contributed by atoms with van der Waals surface area (Å²) in [6.45, 7) is 2.25. The van der Waals surface area contributed by atoms with E-state index in [-0.39, 0.29) is 5.91 Å². The molecule has 1 saturated carbocycles. The standard InChI is InChI=1S/C16H30N2OS2/c1-2-3-4-5-6-7-8-9-13-21-18-16(20)15(19)17-14-11-10-12-14/h14H,2-13H2,1H3,(H,17,19)(H,18,20). The van der Waals surface area contributed by atoms with Crippen molar-refractivity contribution in [3.05, 3.63) is 0 Å². The first-order valence-corrected chi connectivity index (χ1v) is 9.86. The molecule has 0 atom stereocenters. The predicted molar refractivity (Wildman–Crippen MR) is 96.6 cm³/mol. The minimum Gasteiger partial charge on any atom is -0.347 e. The van der Waals surface area contributed by atoms with E-state index in [2.05, 4.69) is 17.0 Å². The Bertz CT molecular complexity index is 307. The number of carbonyl (C=O) groups is 1. The first-order chi connectivity index (χ1) is 10.2. The van der Waals surface area contributed by atoms with Crippen molar-refractivity contribution in [1.82, 2.24) is 10.0 Å². The summed E-state index contributed by atoms with van der Waals surface area (Å²) in [5, 5.41) is 2.95. The number of thiocarbonyl (C=S) groups is 1. The van der Waals surface area contributed by atoms with Crippen molar-refractivity contribution in [2.24, 2.45) is 0 Å². The van der Waals surface area contributed by atoms with Crippen molar-refractivity contribution in [3.63, 3.8) is 0 Å². The van der Waals surface area contributed by atoms with Gasteiger partial charge in [-0.1, -0.05) is 76.0 Å². The van der Waals surface area contributed by atoms with Gasteiger partial charge in [-0.3, -0.25) is 4.79 Å². The highest BCUT2D eigenvalue weighted by atomic mass is 32.2. The van der Waals surface area contributed by atoms with Crippen LogP contribution in [0.5, 0.6) is 0 Å². The molecule has 0 heterocycles. The van der Waals surface area contributed by atoms with Gasteiger partial charge in [0.15, 0.2) is 4.99 Å². The van der Waals surface area contributed by atoms with Crippen LogP contribution in [0.1, 0.15) is 77.6 Å². The fraction of sp³-hybridized carbons (Fsp3) is 0.875. The van der Waals surface area contributed by atoms with Gasteiger partial charge in [0.25, 0.3) is 5.91 Å². The molecule has 0 radical (unpaired) electrons. The molecule has 3 nitrogen and oxygen atoms in total. The Morgan fingerprint density at radius 1 is 1.10 bits per heavy atom. The molecule has 1 rings (SSSR count). The van der Waals surface area contributed by atoms with Crippen molar-refractivity contribution in [2.75, 3.05) is 5.75 Å². The number of carbonyl (C=O) groups excluding carboxylic acids is 1. The van der Waals surface area contributed by atoms with E-state index >= 15 is 0 Å². The molecule has 1 aliphatic rings. The highest BCUT2D eigenvalue weighted by molar-refractivity contribution is 7.99. The Morgan fingerprint density at radius 3 is 2.29 bits per heavy atom. The van der Waals surface area contributed by atoms with Gasteiger partial charge in [-0.25, -0.2) is 0 Å². The molecule has 122 valence electrons. The van der Waals surface area contributed by atoms with E-state index in [9.17, 15) is 4.79 Å². The summed E-state index contributed by atoms with van der Waals surface area (Å²) >= 11 is 6.65. The lowest BCUT2D eigenvalue weighted by Gasteiger charge is -2.26. The summed E-state index contributed by atoms with van der Waals surface area (Å²) in [7, 11) is 0. The fourth-order valence-electron chi connectivity index (χ4n) is 2.27. The second-order valence-corrected chi connectivity index (χ2v) is 7.17. The Labute approximate surface area is 139 Å². The van der Waals surface area contributed by atoms with Gasteiger partial charge in [0, 0.05) is 11.8 Å². The van der Waals surface area contributed by atoms with Crippen LogP contribution in [0, 0.1) is 0 Å². The summed E-state index contributed by atoms with van der Waals surface area (Å²) in [6, 6.07) is 0.356. The van der Waals surface area contributed by atoms with Crippen LogP contribution in [-0.2, 0) is 4.79 Å². The fourth-order valence-corrected chi connectivity index (χ4v) is 3.18. The molecule has 0 aromatic carbocycles. The Kier molecular flexibility index (Phi) is 11.0. The smallest absolute Gasteiger partial charge is 0.279 e. The molecule has 1 aliphatic carbocycles. The van der Waals surface area contributed by atoms with E-state index in [0.29, 0.717) is 11.0 Å².